The fourth-order valence-corrected chi connectivity index (χ4v) is 2.58. The summed E-state index contributed by atoms with van der Waals surface area (Å²) < 4.78 is 0. The monoisotopic (exact) mass is 387 g/mol. The zero-order valence-electron chi connectivity index (χ0n) is 14.4. The summed E-state index contributed by atoms with van der Waals surface area (Å²) in [5.41, 5.74) is 2.30. The molecule has 2 aromatic carbocycles. The fraction of sp³-hybridized carbons (Fsp3) is 0.200. The second kappa shape index (κ2) is 9.86. The molecule has 1 amide bonds. The summed E-state index contributed by atoms with van der Waals surface area (Å²) in [7, 11) is 0. The van der Waals surface area contributed by atoms with Gasteiger partial charge in [-0.3, -0.25) is 4.79 Å². The highest BCUT2D eigenvalue weighted by Crippen LogP contribution is 2.25. The predicted octanol–water partition coefficient (Wildman–Crippen LogP) is 5.79. The first-order valence-electron chi connectivity index (χ1n) is 8.25. The number of aryl methyl sites for hydroxylation is 1. The fourth-order valence-electron chi connectivity index (χ4n) is 2.24. The minimum Gasteiger partial charge on any atom is -0.359 e. The number of rotatable bonds is 7. The van der Waals surface area contributed by atoms with Crippen LogP contribution in [0.4, 0.5) is 11.4 Å². The average molecular weight is 388 g/mol. The number of nitrogens with zero attached hydrogens (tertiary/aromatic N) is 1. The van der Waals surface area contributed by atoms with Gasteiger partial charge in [0.15, 0.2) is 0 Å². The maximum atomic E-state index is 12.3. The molecule has 134 valence electrons. The van der Waals surface area contributed by atoms with Crippen molar-refractivity contribution in [3.8, 4) is 6.07 Å². The molecule has 0 atom stereocenters. The molecule has 26 heavy (non-hydrogen) atoms. The van der Waals surface area contributed by atoms with E-state index in [2.05, 4.69) is 17.6 Å². The van der Waals surface area contributed by atoms with Crippen molar-refractivity contribution in [1.82, 2.24) is 0 Å². The molecule has 0 aliphatic carbocycles. The molecule has 0 saturated carbocycles. The van der Waals surface area contributed by atoms with Crippen molar-refractivity contribution >= 4 is 40.5 Å². The van der Waals surface area contributed by atoms with Crippen LogP contribution in [0.2, 0.25) is 10.0 Å². The van der Waals surface area contributed by atoms with Crippen molar-refractivity contribution in [3.05, 3.63) is 69.8 Å². The van der Waals surface area contributed by atoms with Gasteiger partial charge in [-0.05, 0) is 48.7 Å². The Bertz CT molecular complexity index is 839. The van der Waals surface area contributed by atoms with Crippen molar-refractivity contribution in [2.24, 2.45) is 0 Å². The molecule has 0 heterocycles. The van der Waals surface area contributed by atoms with E-state index in [-0.39, 0.29) is 5.57 Å². The number of unbranched alkanes of at least 4 members (excludes halogenated alkanes) is 1. The molecule has 0 radical (unpaired) electrons. The number of halogens is 2. The molecule has 0 aromatic heterocycles. The highest BCUT2D eigenvalue weighted by atomic mass is 35.5. The average Bonchev–Trinajstić information content (AvgIpc) is 2.64. The zero-order chi connectivity index (χ0) is 18.9. The number of nitrogens with one attached hydrogen (secondary N) is 2. The van der Waals surface area contributed by atoms with Gasteiger partial charge in [-0.15, -0.1) is 0 Å². The second-order valence-electron chi connectivity index (χ2n) is 5.69. The van der Waals surface area contributed by atoms with Crippen LogP contribution in [0.25, 0.3) is 0 Å². The molecule has 4 nitrogen and oxygen atoms in total. The first-order valence-corrected chi connectivity index (χ1v) is 9.01. The van der Waals surface area contributed by atoms with Crippen molar-refractivity contribution in [2.75, 3.05) is 10.6 Å². The van der Waals surface area contributed by atoms with Crippen LogP contribution in [0.3, 0.4) is 0 Å². The lowest BCUT2D eigenvalue weighted by atomic mass is 10.1. The van der Waals surface area contributed by atoms with Crippen LogP contribution >= 0.6 is 23.2 Å². The summed E-state index contributed by atoms with van der Waals surface area (Å²) in [5, 5.41) is 15.7. The standard InChI is InChI=1S/C20H19Cl2N3O/c1-2-3-4-14-5-8-17(9-6-14)25-20(26)15(12-23)13-24-19-11-16(21)7-10-18(19)22/h5-11,13,24H,2-4H2,1H3,(H,25,26)/b15-13-. The van der Waals surface area contributed by atoms with Crippen LogP contribution in [-0.4, -0.2) is 5.91 Å². The van der Waals surface area contributed by atoms with Crippen LogP contribution in [0.1, 0.15) is 25.3 Å². The summed E-state index contributed by atoms with van der Waals surface area (Å²) in [6, 6.07) is 14.4. The Balaban J connectivity index is 2.04. The summed E-state index contributed by atoms with van der Waals surface area (Å²) in [5.74, 6) is -0.501. The predicted molar refractivity (Wildman–Crippen MR) is 107 cm³/mol. The molecule has 0 saturated heterocycles. The molecule has 6 heteroatoms. The minimum atomic E-state index is -0.501. The van der Waals surface area contributed by atoms with E-state index in [4.69, 9.17) is 23.2 Å². The van der Waals surface area contributed by atoms with Gasteiger partial charge in [-0.25, -0.2) is 0 Å². The number of hydrogen-bond donors (Lipinski definition) is 2. The largest absolute Gasteiger partial charge is 0.359 e. The van der Waals surface area contributed by atoms with Crippen LogP contribution in [-0.2, 0) is 11.2 Å². The van der Waals surface area contributed by atoms with E-state index in [1.54, 1.807) is 18.2 Å². The van der Waals surface area contributed by atoms with Gasteiger partial charge in [0.1, 0.15) is 11.6 Å². The summed E-state index contributed by atoms with van der Waals surface area (Å²) >= 11 is 12.0. The SMILES string of the molecule is CCCCc1ccc(NC(=O)/C(C#N)=C\Nc2cc(Cl)ccc2Cl)cc1. The lowest BCUT2D eigenvalue weighted by molar-refractivity contribution is -0.112. The third-order valence-electron chi connectivity index (χ3n) is 3.70. The van der Waals surface area contributed by atoms with Gasteiger partial charge in [0.25, 0.3) is 5.91 Å². The Morgan fingerprint density at radius 1 is 1.19 bits per heavy atom. The number of anilines is 2. The number of benzene rings is 2. The van der Waals surface area contributed by atoms with Crippen molar-refractivity contribution in [2.45, 2.75) is 26.2 Å². The molecule has 2 N–H and O–H groups in total. The molecule has 0 aliphatic heterocycles. The van der Waals surface area contributed by atoms with Gasteiger partial charge >= 0.3 is 0 Å². The van der Waals surface area contributed by atoms with Crippen molar-refractivity contribution in [3.63, 3.8) is 0 Å². The van der Waals surface area contributed by atoms with E-state index >= 15 is 0 Å². The lowest BCUT2D eigenvalue weighted by Crippen LogP contribution is -2.14. The van der Waals surface area contributed by atoms with E-state index in [0.29, 0.717) is 21.4 Å². The topological polar surface area (TPSA) is 64.9 Å². The number of carbonyl (C=O) groups is 1. The number of carbonyl (C=O) groups excluding carboxylic acids is 1. The third-order valence-corrected chi connectivity index (χ3v) is 4.26. The Kier molecular flexibility index (Phi) is 7.53. The van der Waals surface area contributed by atoms with Gasteiger partial charge in [-0.2, -0.15) is 5.26 Å². The van der Waals surface area contributed by atoms with E-state index < -0.39 is 5.91 Å². The molecule has 2 rings (SSSR count). The lowest BCUT2D eigenvalue weighted by Gasteiger charge is -2.07. The normalized spacial score (nSPS) is 10.9. The Morgan fingerprint density at radius 2 is 1.92 bits per heavy atom. The van der Waals surface area contributed by atoms with E-state index in [1.807, 2.05) is 30.3 Å². The summed E-state index contributed by atoms with van der Waals surface area (Å²) in [4.78, 5) is 12.3. The van der Waals surface area contributed by atoms with Gasteiger partial charge < -0.3 is 10.6 Å². The van der Waals surface area contributed by atoms with Crippen molar-refractivity contribution < 1.29 is 4.79 Å². The third kappa shape index (κ3) is 5.80. The second-order valence-corrected chi connectivity index (χ2v) is 6.54. The zero-order valence-corrected chi connectivity index (χ0v) is 15.9. The molecule has 0 spiro atoms. The van der Waals surface area contributed by atoms with Gasteiger partial charge in [0, 0.05) is 16.9 Å². The maximum absolute atomic E-state index is 12.3. The quantitative estimate of drug-likeness (QED) is 0.466. The molecule has 2 aromatic rings. The smallest absolute Gasteiger partial charge is 0.267 e. The molecular weight excluding hydrogens is 369 g/mol. The highest BCUT2D eigenvalue weighted by Gasteiger charge is 2.10. The minimum absolute atomic E-state index is 0.0731. The van der Waals surface area contributed by atoms with E-state index in [9.17, 15) is 10.1 Å². The molecule has 0 bridgehead atoms. The number of amides is 1. The van der Waals surface area contributed by atoms with Crippen LogP contribution < -0.4 is 10.6 Å². The Labute approximate surface area is 163 Å². The first kappa shape index (κ1) is 19.8. The van der Waals surface area contributed by atoms with Crippen LogP contribution in [0, 0.1) is 11.3 Å². The first-order chi connectivity index (χ1) is 12.5. The Hall–Kier alpha value is -2.48. The van der Waals surface area contributed by atoms with E-state index in [0.717, 1.165) is 19.3 Å². The number of hydrogen-bond acceptors (Lipinski definition) is 3. The highest BCUT2D eigenvalue weighted by molar-refractivity contribution is 6.35. The summed E-state index contributed by atoms with van der Waals surface area (Å²) in [6.45, 7) is 2.15. The van der Waals surface area contributed by atoms with Gasteiger partial charge in [-0.1, -0.05) is 48.7 Å². The summed E-state index contributed by atoms with van der Waals surface area (Å²) in [6.07, 6.45) is 4.59. The van der Waals surface area contributed by atoms with Crippen LogP contribution in [0.5, 0.6) is 0 Å². The van der Waals surface area contributed by atoms with Crippen molar-refractivity contribution in [1.29, 1.82) is 5.26 Å². The van der Waals surface area contributed by atoms with Crippen LogP contribution in [0.15, 0.2) is 54.2 Å². The molecule has 0 fully saturated rings. The molecule has 0 aliphatic rings. The number of nitriles is 1. The molecule has 0 unspecified atom stereocenters. The van der Waals surface area contributed by atoms with E-state index in [1.165, 1.54) is 11.8 Å². The Morgan fingerprint density at radius 3 is 2.58 bits per heavy atom. The van der Waals surface area contributed by atoms with Gasteiger partial charge in [0.05, 0.1) is 10.7 Å². The molecular formula is C20H19Cl2N3O. The maximum Gasteiger partial charge on any atom is 0.267 e. The van der Waals surface area contributed by atoms with Gasteiger partial charge in [0.2, 0.25) is 0 Å².